The van der Waals surface area contributed by atoms with E-state index in [1.54, 1.807) is 41.6 Å². The van der Waals surface area contributed by atoms with Crippen LogP contribution in [0.1, 0.15) is 52.0 Å². The Morgan fingerprint density at radius 1 is 1.00 bits per heavy atom. The standard InChI is InChI=1S/C34H37FN6O4/c1-20-9-12-23-24(13-14-26(35)28(23)40-30(42)21-10-11-21)29(20)44-31-25(8-5-16-36-31)27-15-17-37-32(39-27)38-22-7-6-18-41(19-22)33(43)45-34(2,3)4/h5,8-9,12-17,21-22H,6-7,10-11,18-19H2,1-4H3,(H,40,42)(H,37,38,39)/t22-/m0/s1. The SMILES string of the molecule is Cc1ccc2c(NC(=O)C3CC3)c(F)ccc2c1Oc1ncccc1-c1ccnc(N[C@H]2CCCN(C(=O)OC(C)(C)C)C2)n1. The summed E-state index contributed by atoms with van der Waals surface area (Å²) >= 11 is 0. The van der Waals surface area contributed by atoms with Gasteiger partial charge in [-0.05, 0) is 89.3 Å². The Hall–Kier alpha value is -4.80. The predicted molar refractivity (Wildman–Crippen MR) is 170 cm³/mol. The number of fused-ring (bicyclic) bond motifs is 1. The molecule has 4 aromatic rings. The summed E-state index contributed by atoms with van der Waals surface area (Å²) in [5.41, 5.74) is 1.64. The zero-order valence-electron chi connectivity index (χ0n) is 25.9. The molecule has 6 rings (SSSR count). The highest BCUT2D eigenvalue weighted by molar-refractivity contribution is 6.05. The first-order chi connectivity index (χ1) is 21.6. The number of aromatic nitrogens is 3. The van der Waals surface area contributed by atoms with Crippen molar-refractivity contribution in [3.8, 4) is 22.9 Å². The van der Waals surface area contributed by atoms with Crippen LogP contribution in [0.5, 0.6) is 11.6 Å². The summed E-state index contributed by atoms with van der Waals surface area (Å²) in [6.07, 6.45) is 6.30. The van der Waals surface area contributed by atoms with E-state index in [2.05, 4.69) is 20.6 Å². The number of aryl methyl sites for hydroxylation is 1. The maximum absolute atomic E-state index is 14.9. The van der Waals surface area contributed by atoms with Crippen molar-refractivity contribution in [2.45, 2.75) is 65.0 Å². The van der Waals surface area contributed by atoms with Crippen LogP contribution in [0.25, 0.3) is 22.0 Å². The molecule has 2 fully saturated rings. The van der Waals surface area contributed by atoms with Crippen molar-refractivity contribution < 1.29 is 23.5 Å². The van der Waals surface area contributed by atoms with Gasteiger partial charge in [0.2, 0.25) is 17.7 Å². The number of benzene rings is 2. The summed E-state index contributed by atoms with van der Waals surface area (Å²) in [4.78, 5) is 40.6. The number of amides is 2. The molecule has 1 saturated carbocycles. The highest BCUT2D eigenvalue weighted by Crippen LogP contribution is 2.40. The number of nitrogens with zero attached hydrogens (tertiary/aromatic N) is 4. The summed E-state index contributed by atoms with van der Waals surface area (Å²) in [6.45, 7) is 8.59. The molecular formula is C34H37FN6O4. The fourth-order valence-electron chi connectivity index (χ4n) is 5.41. The number of rotatable bonds is 7. The minimum Gasteiger partial charge on any atom is -0.444 e. The van der Waals surface area contributed by atoms with E-state index < -0.39 is 11.4 Å². The highest BCUT2D eigenvalue weighted by atomic mass is 19.1. The molecule has 45 heavy (non-hydrogen) atoms. The number of nitrogens with one attached hydrogen (secondary N) is 2. The van der Waals surface area contributed by atoms with Crippen LogP contribution < -0.4 is 15.4 Å². The van der Waals surface area contributed by atoms with Gasteiger partial charge in [-0.25, -0.2) is 24.1 Å². The fraction of sp³-hybridized carbons (Fsp3) is 0.382. The van der Waals surface area contributed by atoms with Gasteiger partial charge in [-0.1, -0.05) is 12.1 Å². The van der Waals surface area contributed by atoms with Crippen molar-refractivity contribution in [2.24, 2.45) is 5.92 Å². The third kappa shape index (κ3) is 6.97. The number of hydrogen-bond donors (Lipinski definition) is 2. The molecule has 234 valence electrons. The Bertz CT molecular complexity index is 1750. The van der Waals surface area contributed by atoms with E-state index in [9.17, 15) is 14.0 Å². The number of pyridine rings is 1. The molecule has 2 aliphatic rings. The van der Waals surface area contributed by atoms with Crippen molar-refractivity contribution in [1.82, 2.24) is 19.9 Å². The van der Waals surface area contributed by atoms with E-state index in [0.717, 1.165) is 31.2 Å². The average molecular weight is 613 g/mol. The number of carbonyl (C=O) groups is 2. The number of likely N-dealkylation sites (tertiary alicyclic amines) is 1. The Balaban J connectivity index is 1.25. The first-order valence-electron chi connectivity index (χ1n) is 15.3. The third-order valence-electron chi connectivity index (χ3n) is 7.80. The zero-order chi connectivity index (χ0) is 31.7. The van der Waals surface area contributed by atoms with Crippen LogP contribution in [0.15, 0.2) is 54.9 Å². The average Bonchev–Trinajstić information content (AvgIpc) is 3.86. The number of anilines is 2. The van der Waals surface area contributed by atoms with Crippen LogP contribution >= 0.6 is 0 Å². The van der Waals surface area contributed by atoms with Crippen molar-refractivity contribution >= 4 is 34.4 Å². The van der Waals surface area contributed by atoms with E-state index >= 15 is 0 Å². The Morgan fingerprint density at radius 3 is 2.58 bits per heavy atom. The summed E-state index contributed by atoms with van der Waals surface area (Å²) in [5.74, 6) is 0.511. The molecule has 11 heteroatoms. The van der Waals surface area contributed by atoms with Gasteiger partial charge in [0, 0.05) is 48.2 Å². The quantitative estimate of drug-likeness (QED) is 0.227. The number of halogens is 1. The van der Waals surface area contributed by atoms with Crippen LogP contribution in [0, 0.1) is 18.7 Å². The molecule has 0 bridgehead atoms. The van der Waals surface area contributed by atoms with Gasteiger partial charge >= 0.3 is 6.09 Å². The molecule has 1 aliphatic heterocycles. The maximum Gasteiger partial charge on any atom is 0.410 e. The van der Waals surface area contributed by atoms with E-state index in [-0.39, 0.29) is 29.6 Å². The molecule has 2 aromatic carbocycles. The van der Waals surface area contributed by atoms with Gasteiger partial charge in [-0.2, -0.15) is 0 Å². The molecular weight excluding hydrogens is 575 g/mol. The van der Waals surface area contributed by atoms with E-state index in [1.165, 1.54) is 6.07 Å². The van der Waals surface area contributed by atoms with Crippen molar-refractivity contribution in [3.63, 3.8) is 0 Å². The highest BCUT2D eigenvalue weighted by Gasteiger charge is 2.31. The molecule has 1 atom stereocenters. The Labute approximate surface area is 261 Å². The molecule has 2 amide bonds. The minimum absolute atomic E-state index is 0.0422. The van der Waals surface area contributed by atoms with Gasteiger partial charge in [0.25, 0.3) is 0 Å². The molecule has 0 radical (unpaired) electrons. The van der Waals surface area contributed by atoms with Crippen LogP contribution in [0.4, 0.5) is 20.8 Å². The van der Waals surface area contributed by atoms with Crippen LogP contribution in [-0.4, -0.2) is 56.6 Å². The van der Waals surface area contributed by atoms with Gasteiger partial charge in [0.05, 0.1) is 16.9 Å². The largest absolute Gasteiger partial charge is 0.444 e. The predicted octanol–water partition coefficient (Wildman–Crippen LogP) is 7.09. The van der Waals surface area contributed by atoms with E-state index in [0.29, 0.717) is 52.7 Å². The zero-order valence-corrected chi connectivity index (χ0v) is 25.9. The van der Waals surface area contributed by atoms with E-state index in [1.807, 2.05) is 39.8 Å². The van der Waals surface area contributed by atoms with Crippen molar-refractivity contribution in [2.75, 3.05) is 23.7 Å². The summed E-state index contributed by atoms with van der Waals surface area (Å²) in [6, 6.07) is 12.0. The Kier molecular flexibility index (Phi) is 8.26. The fourth-order valence-corrected chi connectivity index (χ4v) is 5.41. The Morgan fingerprint density at radius 2 is 1.80 bits per heavy atom. The first-order valence-corrected chi connectivity index (χ1v) is 15.3. The molecule has 1 aliphatic carbocycles. The maximum atomic E-state index is 14.9. The lowest BCUT2D eigenvalue weighted by Crippen LogP contribution is -2.47. The normalized spacial score (nSPS) is 16.7. The van der Waals surface area contributed by atoms with Gasteiger partial charge in [-0.3, -0.25) is 4.79 Å². The summed E-state index contributed by atoms with van der Waals surface area (Å²) in [7, 11) is 0. The number of carbonyl (C=O) groups excluding carboxylic acids is 2. The van der Waals surface area contributed by atoms with E-state index in [4.69, 9.17) is 14.5 Å². The van der Waals surface area contributed by atoms with Gasteiger partial charge in [-0.15, -0.1) is 0 Å². The second-order valence-electron chi connectivity index (χ2n) is 12.6. The monoisotopic (exact) mass is 612 g/mol. The van der Waals surface area contributed by atoms with Crippen LogP contribution in [-0.2, 0) is 9.53 Å². The number of piperidine rings is 1. The first kappa shape index (κ1) is 30.2. The van der Waals surface area contributed by atoms with Gasteiger partial charge in [0.1, 0.15) is 17.2 Å². The van der Waals surface area contributed by atoms with Crippen molar-refractivity contribution in [1.29, 1.82) is 0 Å². The topological polar surface area (TPSA) is 119 Å². The van der Waals surface area contributed by atoms with Crippen LogP contribution in [0.2, 0.25) is 0 Å². The smallest absolute Gasteiger partial charge is 0.410 e. The minimum atomic E-state index is -0.562. The lowest BCUT2D eigenvalue weighted by atomic mass is 10.0. The molecule has 2 aromatic heterocycles. The van der Waals surface area contributed by atoms with Crippen molar-refractivity contribution in [3.05, 3.63) is 66.2 Å². The molecule has 3 heterocycles. The lowest BCUT2D eigenvalue weighted by molar-refractivity contribution is -0.117. The van der Waals surface area contributed by atoms with Gasteiger partial charge < -0.3 is 25.0 Å². The summed E-state index contributed by atoms with van der Waals surface area (Å²) < 4.78 is 26.9. The summed E-state index contributed by atoms with van der Waals surface area (Å²) in [5, 5.41) is 7.36. The molecule has 2 N–H and O–H groups in total. The van der Waals surface area contributed by atoms with Crippen LogP contribution in [0.3, 0.4) is 0 Å². The number of ether oxygens (including phenoxy) is 2. The number of hydrogen-bond acceptors (Lipinski definition) is 8. The molecule has 0 spiro atoms. The lowest BCUT2D eigenvalue weighted by Gasteiger charge is -2.34. The second-order valence-corrected chi connectivity index (χ2v) is 12.6. The molecule has 10 nitrogen and oxygen atoms in total. The molecule has 1 saturated heterocycles. The van der Waals surface area contributed by atoms with Gasteiger partial charge in [0.15, 0.2) is 0 Å². The molecule has 0 unspecified atom stereocenters. The third-order valence-corrected chi connectivity index (χ3v) is 7.80. The second kappa shape index (κ2) is 12.3.